The van der Waals surface area contributed by atoms with Crippen molar-refractivity contribution in [3.05, 3.63) is 22.2 Å². The topological polar surface area (TPSA) is 65.2 Å². The van der Waals surface area contributed by atoms with Gasteiger partial charge in [0.05, 0.1) is 6.42 Å². The summed E-state index contributed by atoms with van der Waals surface area (Å²) < 4.78 is 9.76. The van der Waals surface area contributed by atoms with E-state index in [1.807, 2.05) is 17.7 Å². The molecule has 2 rings (SSSR count). The van der Waals surface area contributed by atoms with Crippen molar-refractivity contribution in [3.8, 4) is 11.4 Å². The van der Waals surface area contributed by atoms with Gasteiger partial charge >= 0.3 is 0 Å². The van der Waals surface area contributed by atoms with Crippen molar-refractivity contribution >= 4 is 17.1 Å². The SMILES string of the molecule is COCC(=O)Cc1nc(-c2cscc2C)no1. The fourth-order valence-corrected chi connectivity index (χ4v) is 2.23. The van der Waals surface area contributed by atoms with Gasteiger partial charge in [0.2, 0.25) is 11.7 Å². The zero-order valence-electron chi connectivity index (χ0n) is 9.60. The highest BCUT2D eigenvalue weighted by molar-refractivity contribution is 7.08. The molecule has 0 saturated carbocycles. The number of thiophene rings is 1. The van der Waals surface area contributed by atoms with E-state index in [1.165, 1.54) is 7.11 Å². The third-order valence-corrected chi connectivity index (χ3v) is 3.08. The van der Waals surface area contributed by atoms with E-state index in [1.54, 1.807) is 11.3 Å². The van der Waals surface area contributed by atoms with Crippen molar-refractivity contribution in [2.45, 2.75) is 13.3 Å². The average Bonchev–Trinajstić information content (AvgIpc) is 2.87. The molecule has 0 aromatic carbocycles. The van der Waals surface area contributed by atoms with Gasteiger partial charge in [0, 0.05) is 18.1 Å². The Hall–Kier alpha value is -1.53. The van der Waals surface area contributed by atoms with E-state index >= 15 is 0 Å². The Kier molecular flexibility index (Phi) is 3.65. The van der Waals surface area contributed by atoms with Crippen LogP contribution in [0.25, 0.3) is 11.4 Å². The first-order valence-corrected chi connectivity index (χ1v) is 6.01. The molecule has 0 aliphatic heterocycles. The van der Waals surface area contributed by atoms with Gasteiger partial charge in [-0.3, -0.25) is 4.79 Å². The molecule has 2 heterocycles. The Balaban J connectivity index is 2.11. The van der Waals surface area contributed by atoms with Crippen LogP contribution < -0.4 is 0 Å². The van der Waals surface area contributed by atoms with E-state index < -0.39 is 0 Å². The minimum Gasteiger partial charge on any atom is -0.377 e. The number of aromatic nitrogens is 2. The summed E-state index contributed by atoms with van der Waals surface area (Å²) in [6.45, 7) is 2.05. The normalized spacial score (nSPS) is 10.7. The number of methoxy groups -OCH3 is 1. The van der Waals surface area contributed by atoms with Gasteiger partial charge in [-0.1, -0.05) is 5.16 Å². The molecule has 0 radical (unpaired) electrons. The molecule has 0 amide bonds. The largest absolute Gasteiger partial charge is 0.377 e. The monoisotopic (exact) mass is 252 g/mol. The van der Waals surface area contributed by atoms with Crippen LogP contribution in [0.15, 0.2) is 15.3 Å². The molecule has 0 unspecified atom stereocenters. The first-order valence-electron chi connectivity index (χ1n) is 5.07. The smallest absolute Gasteiger partial charge is 0.234 e. The lowest BCUT2D eigenvalue weighted by atomic mass is 10.2. The summed E-state index contributed by atoms with van der Waals surface area (Å²) in [4.78, 5) is 15.5. The molecule has 0 spiro atoms. The van der Waals surface area contributed by atoms with Gasteiger partial charge in [0.1, 0.15) is 6.61 Å². The van der Waals surface area contributed by atoms with Crippen molar-refractivity contribution in [1.82, 2.24) is 10.1 Å². The number of aryl methyl sites for hydroxylation is 1. The maximum absolute atomic E-state index is 11.3. The van der Waals surface area contributed by atoms with Crippen LogP contribution in [0.2, 0.25) is 0 Å². The fourth-order valence-electron chi connectivity index (χ4n) is 1.41. The summed E-state index contributed by atoms with van der Waals surface area (Å²) in [5.74, 6) is 0.779. The number of hydrogen-bond acceptors (Lipinski definition) is 6. The van der Waals surface area contributed by atoms with Crippen molar-refractivity contribution in [2.24, 2.45) is 0 Å². The Morgan fingerprint density at radius 3 is 3.00 bits per heavy atom. The number of ether oxygens (including phenoxy) is 1. The number of ketones is 1. The molecule has 5 nitrogen and oxygen atoms in total. The molecule has 0 aliphatic rings. The van der Waals surface area contributed by atoms with Crippen molar-refractivity contribution in [3.63, 3.8) is 0 Å². The zero-order valence-corrected chi connectivity index (χ0v) is 10.4. The van der Waals surface area contributed by atoms with Crippen LogP contribution >= 0.6 is 11.3 Å². The van der Waals surface area contributed by atoms with Gasteiger partial charge in [-0.05, 0) is 17.9 Å². The number of nitrogens with zero attached hydrogens (tertiary/aromatic N) is 2. The molecule has 2 aromatic rings. The number of rotatable bonds is 5. The third-order valence-electron chi connectivity index (χ3n) is 2.22. The maximum Gasteiger partial charge on any atom is 0.234 e. The molecular weight excluding hydrogens is 240 g/mol. The van der Waals surface area contributed by atoms with Gasteiger partial charge < -0.3 is 9.26 Å². The van der Waals surface area contributed by atoms with E-state index in [4.69, 9.17) is 9.26 Å². The van der Waals surface area contributed by atoms with Crippen LogP contribution in [0.5, 0.6) is 0 Å². The van der Waals surface area contributed by atoms with E-state index in [9.17, 15) is 4.79 Å². The van der Waals surface area contributed by atoms with Gasteiger partial charge in [0.15, 0.2) is 5.78 Å². The van der Waals surface area contributed by atoms with Crippen molar-refractivity contribution < 1.29 is 14.1 Å². The van der Waals surface area contributed by atoms with Gasteiger partial charge in [0.25, 0.3) is 0 Å². The fraction of sp³-hybridized carbons (Fsp3) is 0.364. The van der Waals surface area contributed by atoms with Crippen LogP contribution in [0.1, 0.15) is 11.5 Å². The van der Waals surface area contributed by atoms with Gasteiger partial charge in [-0.15, -0.1) is 0 Å². The molecule has 0 atom stereocenters. The molecule has 6 heteroatoms. The highest BCUT2D eigenvalue weighted by Crippen LogP contribution is 2.24. The molecule has 0 bridgehead atoms. The standard InChI is InChI=1S/C11H12N2O3S/c1-7-5-17-6-9(7)11-12-10(16-13-11)3-8(14)4-15-2/h5-6H,3-4H2,1-2H3. The molecule has 0 aliphatic carbocycles. The number of Topliss-reactive ketones (excluding diaryl/α,β-unsaturated/α-hetero) is 1. The van der Waals surface area contributed by atoms with Gasteiger partial charge in [-0.2, -0.15) is 16.3 Å². The first kappa shape index (κ1) is 11.9. The second-order valence-electron chi connectivity index (χ2n) is 3.63. The van der Waals surface area contributed by atoms with Gasteiger partial charge in [-0.25, -0.2) is 0 Å². The molecule has 0 N–H and O–H groups in total. The predicted molar refractivity (Wildman–Crippen MR) is 62.9 cm³/mol. The quantitative estimate of drug-likeness (QED) is 0.812. The van der Waals surface area contributed by atoms with Crippen LogP contribution in [0.4, 0.5) is 0 Å². The Bertz CT molecular complexity index is 518. The highest BCUT2D eigenvalue weighted by Gasteiger charge is 2.14. The Morgan fingerprint density at radius 2 is 2.35 bits per heavy atom. The summed E-state index contributed by atoms with van der Waals surface area (Å²) in [5, 5.41) is 7.83. The van der Waals surface area contributed by atoms with Crippen molar-refractivity contribution in [2.75, 3.05) is 13.7 Å². The van der Waals surface area contributed by atoms with Crippen LogP contribution in [0, 0.1) is 6.92 Å². The minimum absolute atomic E-state index is 0.0647. The lowest BCUT2D eigenvalue weighted by molar-refractivity contribution is -0.122. The van der Waals surface area contributed by atoms with E-state index in [0.717, 1.165) is 11.1 Å². The first-order chi connectivity index (χ1) is 8.20. The summed E-state index contributed by atoms with van der Waals surface area (Å²) in [6.07, 6.45) is 0.115. The second-order valence-corrected chi connectivity index (χ2v) is 4.37. The second kappa shape index (κ2) is 5.20. The maximum atomic E-state index is 11.3. The average molecular weight is 252 g/mol. The molecule has 0 fully saturated rings. The van der Waals surface area contributed by atoms with Crippen LogP contribution in [-0.2, 0) is 16.0 Å². The summed E-state index contributed by atoms with van der Waals surface area (Å²) in [5.41, 5.74) is 2.05. The van der Waals surface area contributed by atoms with Crippen LogP contribution in [-0.4, -0.2) is 29.6 Å². The number of carbonyl (C=O) groups is 1. The summed E-state index contributed by atoms with van der Waals surface area (Å²) >= 11 is 1.58. The van der Waals surface area contributed by atoms with E-state index in [0.29, 0.717) is 11.7 Å². The highest BCUT2D eigenvalue weighted by atomic mass is 32.1. The molecule has 17 heavy (non-hydrogen) atoms. The number of carbonyl (C=O) groups excluding carboxylic acids is 1. The van der Waals surface area contributed by atoms with Crippen molar-refractivity contribution in [1.29, 1.82) is 0 Å². The Labute approximate surface area is 102 Å². The molecule has 0 saturated heterocycles. The zero-order chi connectivity index (χ0) is 12.3. The van der Waals surface area contributed by atoms with E-state index in [-0.39, 0.29) is 18.8 Å². The van der Waals surface area contributed by atoms with Crippen LogP contribution in [0.3, 0.4) is 0 Å². The summed E-state index contributed by atoms with van der Waals surface area (Å²) in [6, 6.07) is 0. The summed E-state index contributed by atoms with van der Waals surface area (Å²) in [7, 11) is 1.48. The Morgan fingerprint density at radius 1 is 1.53 bits per heavy atom. The lowest BCUT2D eigenvalue weighted by Crippen LogP contribution is -2.09. The lowest BCUT2D eigenvalue weighted by Gasteiger charge is -1.93. The molecular formula is C11H12N2O3S. The van der Waals surface area contributed by atoms with E-state index in [2.05, 4.69) is 10.1 Å². The molecule has 2 aromatic heterocycles. The molecule has 90 valence electrons. The third kappa shape index (κ3) is 2.78. The predicted octanol–water partition coefficient (Wildman–Crippen LogP) is 1.86. The number of hydrogen-bond donors (Lipinski definition) is 0. The minimum atomic E-state index is -0.0789.